The van der Waals surface area contributed by atoms with Crippen molar-refractivity contribution in [1.82, 2.24) is 15.0 Å². The summed E-state index contributed by atoms with van der Waals surface area (Å²) in [6.45, 7) is 1.92. The summed E-state index contributed by atoms with van der Waals surface area (Å²) in [7, 11) is 0. The molecule has 5 aromatic rings. The van der Waals surface area contributed by atoms with E-state index in [9.17, 15) is 4.79 Å². The Kier molecular flexibility index (Phi) is 5.50. The van der Waals surface area contributed by atoms with Crippen LogP contribution >= 0.6 is 11.6 Å². The molecule has 0 radical (unpaired) electrons. The van der Waals surface area contributed by atoms with Crippen LogP contribution in [0, 0.1) is 6.92 Å². The van der Waals surface area contributed by atoms with E-state index in [0.29, 0.717) is 22.0 Å². The number of aromatic nitrogens is 3. The fourth-order valence-corrected chi connectivity index (χ4v) is 3.55. The van der Waals surface area contributed by atoms with Gasteiger partial charge in [-0.15, -0.1) is 10.2 Å². The van der Waals surface area contributed by atoms with Crippen molar-refractivity contribution in [1.29, 1.82) is 0 Å². The molecule has 0 bridgehead atoms. The Bertz CT molecular complexity index is 1470. The van der Waals surface area contributed by atoms with Crippen LogP contribution in [-0.4, -0.2) is 20.9 Å². The highest BCUT2D eigenvalue weighted by atomic mass is 35.5. The highest BCUT2D eigenvalue weighted by Crippen LogP contribution is 2.24. The minimum absolute atomic E-state index is 0.264. The van der Waals surface area contributed by atoms with Crippen molar-refractivity contribution in [3.8, 4) is 17.0 Å². The maximum absolute atomic E-state index is 12.5. The van der Waals surface area contributed by atoms with Gasteiger partial charge in [0.15, 0.2) is 0 Å². The van der Waals surface area contributed by atoms with Crippen LogP contribution in [0.1, 0.15) is 11.3 Å². The average molecular weight is 455 g/mol. The number of amides is 1. The van der Waals surface area contributed by atoms with Crippen molar-refractivity contribution in [3.63, 3.8) is 0 Å². The fraction of sp³-hybridized carbons (Fsp3) is 0.0385. The highest BCUT2D eigenvalue weighted by Gasteiger charge is 2.10. The van der Waals surface area contributed by atoms with Crippen LogP contribution in [0.25, 0.3) is 34.1 Å². The molecule has 0 saturated heterocycles. The summed E-state index contributed by atoms with van der Waals surface area (Å²) in [5.74, 6) is 1.09. The molecule has 2 aromatic heterocycles. The van der Waals surface area contributed by atoms with Gasteiger partial charge >= 0.3 is 0 Å². The lowest BCUT2D eigenvalue weighted by Crippen LogP contribution is -2.08. The number of carbonyl (C=O) groups is 1. The molecule has 0 aliphatic heterocycles. The maximum atomic E-state index is 12.5. The van der Waals surface area contributed by atoms with Gasteiger partial charge in [-0.05, 0) is 67.1 Å². The largest absolute Gasteiger partial charge is 0.457 e. The van der Waals surface area contributed by atoms with Crippen LogP contribution in [0.5, 0.6) is 0 Å². The van der Waals surface area contributed by atoms with Gasteiger partial charge < -0.3 is 9.73 Å². The van der Waals surface area contributed by atoms with Crippen LogP contribution in [0.4, 0.5) is 5.69 Å². The standard InChI is InChI=1S/C26H19ClN4O2/c1-17-15-23-24(30-31(29-23)20-9-7-19(27)8-10-20)16-22(17)28-26(32)14-12-21-11-13-25(33-21)18-5-3-2-4-6-18/h2-16H,1H3,(H,28,32)/b14-12+. The van der Waals surface area contributed by atoms with Gasteiger partial charge in [0.25, 0.3) is 0 Å². The summed E-state index contributed by atoms with van der Waals surface area (Å²) in [6, 6.07) is 24.5. The van der Waals surface area contributed by atoms with Gasteiger partial charge in [-0.3, -0.25) is 4.79 Å². The summed E-state index contributed by atoms with van der Waals surface area (Å²) in [5, 5.41) is 12.6. The van der Waals surface area contributed by atoms with E-state index in [2.05, 4.69) is 15.5 Å². The number of benzene rings is 3. The number of furan rings is 1. The van der Waals surface area contributed by atoms with E-state index in [1.165, 1.54) is 6.08 Å². The third-order valence-electron chi connectivity index (χ3n) is 5.13. The molecule has 0 unspecified atom stereocenters. The Morgan fingerprint density at radius 1 is 0.970 bits per heavy atom. The highest BCUT2D eigenvalue weighted by molar-refractivity contribution is 6.30. The second-order valence-corrected chi connectivity index (χ2v) is 7.95. The minimum atomic E-state index is -0.264. The number of carbonyl (C=O) groups excluding carboxylic acids is 1. The molecular formula is C26H19ClN4O2. The van der Waals surface area contributed by atoms with Crippen molar-refractivity contribution in [3.05, 3.63) is 101 Å². The zero-order valence-electron chi connectivity index (χ0n) is 17.7. The molecular weight excluding hydrogens is 436 g/mol. The quantitative estimate of drug-likeness (QED) is 0.316. The van der Waals surface area contributed by atoms with E-state index in [4.69, 9.17) is 16.0 Å². The average Bonchev–Trinajstić information content (AvgIpc) is 3.46. The number of rotatable bonds is 5. The van der Waals surface area contributed by atoms with E-state index in [1.54, 1.807) is 23.0 Å². The number of nitrogens with zero attached hydrogens (tertiary/aromatic N) is 3. The molecule has 5 rings (SSSR count). The van der Waals surface area contributed by atoms with Gasteiger partial charge in [0.1, 0.15) is 22.6 Å². The van der Waals surface area contributed by atoms with Crippen molar-refractivity contribution < 1.29 is 9.21 Å². The van der Waals surface area contributed by atoms with Crippen molar-refractivity contribution in [2.45, 2.75) is 6.92 Å². The van der Waals surface area contributed by atoms with Gasteiger partial charge in [-0.2, -0.15) is 4.80 Å². The molecule has 2 heterocycles. The number of nitrogens with one attached hydrogen (secondary N) is 1. The van der Waals surface area contributed by atoms with Crippen molar-refractivity contribution in [2.24, 2.45) is 0 Å². The summed E-state index contributed by atoms with van der Waals surface area (Å²) < 4.78 is 5.81. The summed E-state index contributed by atoms with van der Waals surface area (Å²) in [4.78, 5) is 14.1. The summed E-state index contributed by atoms with van der Waals surface area (Å²) in [5.41, 5.74) is 4.75. The van der Waals surface area contributed by atoms with Gasteiger partial charge in [0.05, 0.1) is 5.69 Å². The van der Waals surface area contributed by atoms with Gasteiger partial charge in [-0.1, -0.05) is 41.9 Å². The third kappa shape index (κ3) is 4.56. The summed E-state index contributed by atoms with van der Waals surface area (Å²) in [6.07, 6.45) is 3.09. The smallest absolute Gasteiger partial charge is 0.248 e. The second kappa shape index (κ2) is 8.76. The molecule has 162 valence electrons. The molecule has 7 heteroatoms. The maximum Gasteiger partial charge on any atom is 0.248 e. The van der Waals surface area contributed by atoms with Gasteiger partial charge in [0, 0.05) is 22.3 Å². The zero-order valence-corrected chi connectivity index (χ0v) is 18.5. The number of aryl methyl sites for hydroxylation is 1. The Labute approximate surface area is 195 Å². The first kappa shape index (κ1) is 20.7. The van der Waals surface area contributed by atoms with Gasteiger partial charge in [-0.25, -0.2) is 0 Å². The number of hydrogen-bond donors (Lipinski definition) is 1. The zero-order chi connectivity index (χ0) is 22.8. The molecule has 1 amide bonds. The number of halogens is 1. The lowest BCUT2D eigenvalue weighted by atomic mass is 10.1. The molecule has 0 spiro atoms. The van der Waals surface area contributed by atoms with E-state index in [0.717, 1.165) is 28.1 Å². The molecule has 0 saturated carbocycles. The minimum Gasteiger partial charge on any atom is -0.457 e. The van der Waals surface area contributed by atoms with E-state index in [-0.39, 0.29) is 5.91 Å². The van der Waals surface area contributed by atoms with Crippen LogP contribution in [-0.2, 0) is 4.79 Å². The van der Waals surface area contributed by atoms with Crippen LogP contribution in [0.15, 0.2) is 89.4 Å². The number of hydrogen-bond acceptors (Lipinski definition) is 4. The Hall–Kier alpha value is -4.16. The first-order valence-electron chi connectivity index (χ1n) is 10.3. The number of fused-ring (bicyclic) bond motifs is 1. The topological polar surface area (TPSA) is 73.0 Å². The predicted octanol–water partition coefficient (Wildman–Crippen LogP) is 6.29. The van der Waals surface area contributed by atoms with E-state index in [1.807, 2.05) is 73.7 Å². The Morgan fingerprint density at radius 3 is 2.45 bits per heavy atom. The van der Waals surface area contributed by atoms with E-state index >= 15 is 0 Å². The molecule has 1 N–H and O–H groups in total. The molecule has 0 fully saturated rings. The normalized spacial score (nSPS) is 11.3. The molecule has 6 nitrogen and oxygen atoms in total. The number of anilines is 1. The van der Waals surface area contributed by atoms with Crippen LogP contribution in [0.2, 0.25) is 5.02 Å². The Balaban J connectivity index is 1.32. The third-order valence-corrected chi connectivity index (χ3v) is 5.38. The second-order valence-electron chi connectivity index (χ2n) is 7.51. The lowest BCUT2D eigenvalue weighted by Gasteiger charge is -2.05. The van der Waals surface area contributed by atoms with Crippen LogP contribution < -0.4 is 5.32 Å². The van der Waals surface area contributed by atoms with Crippen LogP contribution in [0.3, 0.4) is 0 Å². The SMILES string of the molecule is Cc1cc2nn(-c3ccc(Cl)cc3)nc2cc1NC(=O)/C=C/c1ccc(-c2ccccc2)o1. The van der Waals surface area contributed by atoms with E-state index < -0.39 is 0 Å². The molecule has 33 heavy (non-hydrogen) atoms. The lowest BCUT2D eigenvalue weighted by molar-refractivity contribution is -0.111. The molecule has 3 aromatic carbocycles. The monoisotopic (exact) mass is 454 g/mol. The Morgan fingerprint density at radius 2 is 1.70 bits per heavy atom. The fourth-order valence-electron chi connectivity index (χ4n) is 3.42. The predicted molar refractivity (Wildman–Crippen MR) is 130 cm³/mol. The van der Waals surface area contributed by atoms with Gasteiger partial charge in [0.2, 0.25) is 5.91 Å². The molecule has 0 aliphatic carbocycles. The molecule has 0 atom stereocenters. The van der Waals surface area contributed by atoms with Crippen molar-refractivity contribution >= 4 is 40.3 Å². The first-order valence-corrected chi connectivity index (χ1v) is 10.7. The van der Waals surface area contributed by atoms with Crippen molar-refractivity contribution in [2.75, 3.05) is 5.32 Å². The first-order chi connectivity index (χ1) is 16.0. The summed E-state index contributed by atoms with van der Waals surface area (Å²) >= 11 is 5.96. The molecule has 0 aliphatic rings.